The second-order valence-electron chi connectivity index (χ2n) is 4.80. The van der Waals surface area contributed by atoms with Gasteiger partial charge >= 0.3 is 0 Å². The van der Waals surface area contributed by atoms with Crippen LogP contribution in [0, 0.1) is 0 Å². The van der Waals surface area contributed by atoms with Crippen molar-refractivity contribution in [3.8, 4) is 0 Å². The van der Waals surface area contributed by atoms with Crippen LogP contribution in [0.1, 0.15) is 29.5 Å². The number of carbonyl (C=O) groups excluding carboxylic acids is 1. The largest absolute Gasteiger partial charge is 0.291 e. The molecule has 0 aromatic heterocycles. The highest BCUT2D eigenvalue weighted by Gasteiger charge is 2.30. The molecule has 0 aliphatic carbocycles. The third-order valence-electron chi connectivity index (χ3n) is 3.56. The van der Waals surface area contributed by atoms with E-state index in [9.17, 15) is 4.79 Å². The summed E-state index contributed by atoms with van der Waals surface area (Å²) in [7, 11) is 0. The van der Waals surface area contributed by atoms with Crippen LogP contribution in [-0.4, -0.2) is 5.91 Å². The topological polar surface area (TPSA) is 41.1 Å². The van der Waals surface area contributed by atoms with Crippen molar-refractivity contribution in [2.45, 2.75) is 18.4 Å². The first-order chi connectivity index (χ1) is 9.34. The highest BCUT2D eigenvalue weighted by molar-refractivity contribution is 5.77. The van der Waals surface area contributed by atoms with Crippen molar-refractivity contribution >= 4 is 5.91 Å². The van der Waals surface area contributed by atoms with E-state index in [1.54, 1.807) is 0 Å². The molecular weight excluding hydrogens is 236 g/mol. The van der Waals surface area contributed by atoms with Crippen LogP contribution < -0.4 is 10.9 Å². The van der Waals surface area contributed by atoms with Gasteiger partial charge in [0.1, 0.15) is 0 Å². The van der Waals surface area contributed by atoms with Crippen LogP contribution in [-0.2, 0) is 4.79 Å². The molecular formula is C16H16N2O. The predicted octanol–water partition coefficient (Wildman–Crippen LogP) is 2.54. The lowest BCUT2D eigenvalue weighted by Gasteiger charge is -2.33. The summed E-state index contributed by atoms with van der Waals surface area (Å²) in [6, 6.07) is 20.5. The Bertz CT molecular complexity index is 553. The molecule has 2 aromatic carbocycles. The van der Waals surface area contributed by atoms with Crippen LogP contribution in [0.4, 0.5) is 0 Å². The van der Waals surface area contributed by atoms with Gasteiger partial charge in [0.25, 0.3) is 0 Å². The smallest absolute Gasteiger partial charge is 0.234 e. The fourth-order valence-corrected chi connectivity index (χ4v) is 2.61. The number of hydrogen-bond donors (Lipinski definition) is 2. The minimum absolute atomic E-state index is 0.0426. The third kappa shape index (κ3) is 2.51. The van der Waals surface area contributed by atoms with Crippen molar-refractivity contribution in [1.82, 2.24) is 10.9 Å². The van der Waals surface area contributed by atoms with Gasteiger partial charge in [0.05, 0.1) is 6.04 Å². The number of amides is 1. The molecule has 1 aliphatic rings. The highest BCUT2D eigenvalue weighted by Crippen LogP contribution is 2.35. The van der Waals surface area contributed by atoms with Crippen molar-refractivity contribution in [2.24, 2.45) is 0 Å². The Balaban J connectivity index is 1.95. The Morgan fingerprint density at radius 3 is 2.05 bits per heavy atom. The Morgan fingerprint density at radius 1 is 0.842 bits per heavy atom. The minimum atomic E-state index is 0.0426. The zero-order chi connectivity index (χ0) is 13.1. The van der Waals surface area contributed by atoms with Gasteiger partial charge in [-0.15, -0.1) is 0 Å². The molecule has 0 radical (unpaired) electrons. The van der Waals surface area contributed by atoms with Gasteiger partial charge in [-0.2, -0.15) is 0 Å². The molecule has 0 spiro atoms. The standard InChI is InChI=1S/C16H16N2O/c19-15-11-14(12-7-3-1-4-8-12)16(18-17-15)13-9-5-2-6-10-13/h1-10,14,16,18H,11H2,(H,17,19). The molecule has 1 fully saturated rings. The Kier molecular flexibility index (Phi) is 3.29. The van der Waals surface area contributed by atoms with Gasteiger partial charge in [-0.05, 0) is 11.1 Å². The summed E-state index contributed by atoms with van der Waals surface area (Å²) in [6.07, 6.45) is 0.510. The molecule has 96 valence electrons. The molecule has 2 unspecified atom stereocenters. The maximum absolute atomic E-state index is 11.7. The number of benzene rings is 2. The van der Waals surface area contributed by atoms with Crippen molar-refractivity contribution < 1.29 is 4.79 Å². The molecule has 2 N–H and O–H groups in total. The van der Waals surface area contributed by atoms with Crippen LogP contribution in [0.25, 0.3) is 0 Å². The summed E-state index contributed by atoms with van der Waals surface area (Å²) in [5, 5.41) is 0. The van der Waals surface area contributed by atoms with E-state index in [2.05, 4.69) is 35.1 Å². The molecule has 3 heteroatoms. The molecule has 1 aliphatic heterocycles. The molecule has 19 heavy (non-hydrogen) atoms. The first kappa shape index (κ1) is 11.9. The Labute approximate surface area is 112 Å². The second-order valence-corrected chi connectivity index (χ2v) is 4.80. The molecule has 1 heterocycles. The van der Waals surface area contributed by atoms with Gasteiger partial charge in [0.15, 0.2) is 0 Å². The van der Waals surface area contributed by atoms with Gasteiger partial charge < -0.3 is 0 Å². The fourth-order valence-electron chi connectivity index (χ4n) is 2.61. The Morgan fingerprint density at radius 2 is 1.42 bits per heavy atom. The van der Waals surface area contributed by atoms with Crippen LogP contribution in [0.5, 0.6) is 0 Å². The maximum Gasteiger partial charge on any atom is 0.234 e. The second kappa shape index (κ2) is 5.24. The SMILES string of the molecule is O=C1CC(c2ccccc2)C(c2ccccc2)NN1. The normalized spacial score (nSPS) is 22.8. The highest BCUT2D eigenvalue weighted by atomic mass is 16.2. The molecule has 1 amide bonds. The zero-order valence-corrected chi connectivity index (χ0v) is 10.5. The summed E-state index contributed by atoms with van der Waals surface area (Å²) in [5.74, 6) is 0.207. The van der Waals surface area contributed by atoms with E-state index in [0.717, 1.165) is 0 Å². The van der Waals surface area contributed by atoms with E-state index in [1.807, 2.05) is 36.4 Å². The predicted molar refractivity (Wildman–Crippen MR) is 74.3 cm³/mol. The van der Waals surface area contributed by atoms with Crippen molar-refractivity contribution in [3.05, 3.63) is 71.8 Å². The van der Waals surface area contributed by atoms with Crippen molar-refractivity contribution in [1.29, 1.82) is 0 Å². The number of nitrogens with one attached hydrogen (secondary N) is 2. The van der Waals surface area contributed by atoms with Gasteiger partial charge in [-0.1, -0.05) is 60.7 Å². The van der Waals surface area contributed by atoms with E-state index in [-0.39, 0.29) is 17.9 Å². The van der Waals surface area contributed by atoms with Crippen molar-refractivity contribution in [3.63, 3.8) is 0 Å². The number of carbonyl (C=O) groups is 1. The monoisotopic (exact) mass is 252 g/mol. The van der Waals surface area contributed by atoms with E-state index >= 15 is 0 Å². The summed E-state index contributed by atoms with van der Waals surface area (Å²) < 4.78 is 0. The fraction of sp³-hybridized carbons (Fsp3) is 0.188. The van der Waals surface area contributed by atoms with Crippen LogP contribution in [0.3, 0.4) is 0 Å². The molecule has 3 nitrogen and oxygen atoms in total. The summed E-state index contributed by atoms with van der Waals surface area (Å²) in [4.78, 5) is 11.7. The number of hydrogen-bond acceptors (Lipinski definition) is 2. The van der Waals surface area contributed by atoms with Gasteiger partial charge in [0, 0.05) is 12.3 Å². The average Bonchev–Trinajstić information content (AvgIpc) is 2.49. The lowest BCUT2D eigenvalue weighted by Crippen LogP contribution is -2.48. The minimum Gasteiger partial charge on any atom is -0.291 e. The van der Waals surface area contributed by atoms with Gasteiger partial charge in [-0.3, -0.25) is 10.2 Å². The van der Waals surface area contributed by atoms with E-state index in [1.165, 1.54) is 11.1 Å². The van der Waals surface area contributed by atoms with Gasteiger partial charge in [-0.25, -0.2) is 5.43 Å². The van der Waals surface area contributed by atoms with Crippen LogP contribution in [0.15, 0.2) is 60.7 Å². The lowest BCUT2D eigenvalue weighted by molar-refractivity contribution is -0.124. The first-order valence-electron chi connectivity index (χ1n) is 6.49. The van der Waals surface area contributed by atoms with Gasteiger partial charge in [0.2, 0.25) is 5.91 Å². The molecule has 0 saturated carbocycles. The average molecular weight is 252 g/mol. The van der Waals surface area contributed by atoms with Crippen LogP contribution in [0.2, 0.25) is 0 Å². The molecule has 2 atom stereocenters. The van der Waals surface area contributed by atoms with E-state index < -0.39 is 0 Å². The van der Waals surface area contributed by atoms with E-state index in [0.29, 0.717) is 6.42 Å². The number of hydrazine groups is 1. The zero-order valence-electron chi connectivity index (χ0n) is 10.5. The first-order valence-corrected chi connectivity index (χ1v) is 6.49. The summed E-state index contributed by atoms with van der Waals surface area (Å²) >= 11 is 0. The van der Waals surface area contributed by atoms with Crippen LogP contribution >= 0.6 is 0 Å². The summed E-state index contributed by atoms with van der Waals surface area (Å²) in [5.41, 5.74) is 8.26. The Hall–Kier alpha value is -2.13. The molecule has 3 rings (SSSR count). The maximum atomic E-state index is 11.7. The molecule has 1 saturated heterocycles. The number of rotatable bonds is 2. The summed E-state index contributed by atoms with van der Waals surface area (Å²) in [6.45, 7) is 0. The van der Waals surface area contributed by atoms with E-state index in [4.69, 9.17) is 0 Å². The molecule has 2 aromatic rings. The third-order valence-corrected chi connectivity index (χ3v) is 3.56. The quantitative estimate of drug-likeness (QED) is 0.862. The lowest BCUT2D eigenvalue weighted by atomic mass is 9.84. The van der Waals surface area contributed by atoms with Crippen molar-refractivity contribution in [2.75, 3.05) is 0 Å². The molecule has 0 bridgehead atoms.